The van der Waals surface area contributed by atoms with E-state index in [4.69, 9.17) is 16.3 Å². The van der Waals surface area contributed by atoms with Crippen LogP contribution in [0.3, 0.4) is 0 Å². The lowest BCUT2D eigenvalue weighted by Crippen LogP contribution is -2.44. The lowest BCUT2D eigenvalue weighted by atomic mass is 9.67. The Kier molecular flexibility index (Phi) is 6.63. The Bertz CT molecular complexity index is 305. The van der Waals surface area contributed by atoms with Crippen molar-refractivity contribution in [2.45, 2.75) is 57.4 Å². The molecule has 0 aliphatic heterocycles. The highest BCUT2D eigenvalue weighted by molar-refractivity contribution is 6.17. The molecular weight excluding hydrogens is 274 g/mol. The fraction of sp³-hybridized carbons (Fsp3) is 0.938. The van der Waals surface area contributed by atoms with Gasteiger partial charge in [0.05, 0.1) is 12.6 Å². The number of ether oxygens (including phenoxy) is 1. The molecule has 3 nitrogen and oxygen atoms in total. The molecule has 0 aromatic heterocycles. The van der Waals surface area contributed by atoms with E-state index in [9.17, 15) is 4.79 Å². The highest BCUT2D eigenvalue weighted by atomic mass is 35.5. The molecule has 0 saturated heterocycles. The van der Waals surface area contributed by atoms with Crippen molar-refractivity contribution < 1.29 is 9.53 Å². The summed E-state index contributed by atoms with van der Waals surface area (Å²) in [5.74, 6) is 2.68. The SMILES string of the molecule is COCC(CCCl)NC(=O)C1CCC2CCCCC2C1. The number of carbonyl (C=O) groups is 1. The van der Waals surface area contributed by atoms with Crippen LogP contribution in [0.25, 0.3) is 0 Å². The molecule has 2 aliphatic rings. The van der Waals surface area contributed by atoms with Crippen LogP contribution in [-0.4, -0.2) is 31.5 Å². The zero-order chi connectivity index (χ0) is 14.4. The first kappa shape index (κ1) is 16.1. The minimum absolute atomic E-state index is 0.0640. The summed E-state index contributed by atoms with van der Waals surface area (Å²) in [6, 6.07) is 0.0640. The molecule has 1 N–H and O–H groups in total. The van der Waals surface area contributed by atoms with Crippen LogP contribution in [0.1, 0.15) is 51.4 Å². The third-order valence-corrected chi connectivity index (χ3v) is 5.30. The van der Waals surface area contributed by atoms with Crippen molar-refractivity contribution in [2.75, 3.05) is 19.6 Å². The third kappa shape index (κ3) is 4.36. The van der Waals surface area contributed by atoms with Gasteiger partial charge in [0.15, 0.2) is 0 Å². The molecule has 2 saturated carbocycles. The van der Waals surface area contributed by atoms with Crippen LogP contribution in [0.5, 0.6) is 0 Å². The van der Waals surface area contributed by atoms with Gasteiger partial charge in [0.25, 0.3) is 0 Å². The van der Waals surface area contributed by atoms with Gasteiger partial charge in [0.1, 0.15) is 0 Å². The highest BCUT2D eigenvalue weighted by Gasteiger charge is 2.35. The molecule has 116 valence electrons. The molecule has 4 heteroatoms. The monoisotopic (exact) mass is 301 g/mol. The Balaban J connectivity index is 1.82. The van der Waals surface area contributed by atoms with Gasteiger partial charge in [-0.15, -0.1) is 11.6 Å². The van der Waals surface area contributed by atoms with Gasteiger partial charge in [-0.05, 0) is 37.5 Å². The number of halogens is 1. The maximum Gasteiger partial charge on any atom is 0.223 e. The molecule has 4 atom stereocenters. The van der Waals surface area contributed by atoms with E-state index in [0.717, 1.165) is 31.1 Å². The average Bonchev–Trinajstić information content (AvgIpc) is 2.47. The number of amides is 1. The van der Waals surface area contributed by atoms with E-state index in [1.54, 1.807) is 7.11 Å². The average molecular weight is 302 g/mol. The molecule has 0 aromatic rings. The molecule has 2 rings (SSSR count). The minimum atomic E-state index is 0.0640. The number of nitrogens with one attached hydrogen (secondary N) is 1. The molecule has 2 aliphatic carbocycles. The minimum Gasteiger partial charge on any atom is -0.383 e. The highest BCUT2D eigenvalue weighted by Crippen LogP contribution is 2.42. The normalized spacial score (nSPS) is 31.4. The molecule has 0 radical (unpaired) electrons. The number of fused-ring (bicyclic) bond motifs is 1. The lowest BCUT2D eigenvalue weighted by molar-refractivity contribution is -0.128. The van der Waals surface area contributed by atoms with Crippen molar-refractivity contribution in [3.8, 4) is 0 Å². The largest absolute Gasteiger partial charge is 0.383 e. The first-order valence-electron chi connectivity index (χ1n) is 8.09. The molecule has 4 unspecified atom stereocenters. The maximum atomic E-state index is 12.4. The molecule has 20 heavy (non-hydrogen) atoms. The molecule has 0 aromatic carbocycles. The second-order valence-corrected chi connectivity index (χ2v) is 6.83. The Morgan fingerprint density at radius 3 is 2.70 bits per heavy atom. The summed E-state index contributed by atoms with van der Waals surface area (Å²) in [6.45, 7) is 0.553. The molecule has 0 bridgehead atoms. The van der Waals surface area contributed by atoms with Crippen LogP contribution < -0.4 is 5.32 Å². The fourth-order valence-electron chi connectivity index (χ4n) is 3.96. The van der Waals surface area contributed by atoms with Gasteiger partial charge in [-0.25, -0.2) is 0 Å². The van der Waals surface area contributed by atoms with E-state index in [-0.39, 0.29) is 17.9 Å². The van der Waals surface area contributed by atoms with Gasteiger partial charge in [0, 0.05) is 18.9 Å². The number of carbonyl (C=O) groups excluding carboxylic acids is 1. The summed E-state index contributed by atoms with van der Waals surface area (Å²) in [5.41, 5.74) is 0. The summed E-state index contributed by atoms with van der Waals surface area (Å²) in [4.78, 5) is 12.4. The predicted octanol–water partition coefficient (Wildman–Crippen LogP) is 3.35. The van der Waals surface area contributed by atoms with E-state index in [2.05, 4.69) is 5.32 Å². The van der Waals surface area contributed by atoms with Gasteiger partial charge < -0.3 is 10.1 Å². The standard InChI is InChI=1S/C16H28ClNO2/c1-20-11-15(8-9-17)18-16(19)14-7-6-12-4-2-3-5-13(12)10-14/h12-15H,2-11H2,1H3,(H,18,19). The van der Waals surface area contributed by atoms with Crippen LogP contribution in [0, 0.1) is 17.8 Å². The van der Waals surface area contributed by atoms with Crippen LogP contribution in [0.2, 0.25) is 0 Å². The number of alkyl halides is 1. The van der Waals surface area contributed by atoms with E-state index >= 15 is 0 Å². The van der Waals surface area contributed by atoms with Crippen LogP contribution >= 0.6 is 11.6 Å². The Morgan fingerprint density at radius 2 is 2.00 bits per heavy atom. The first-order chi connectivity index (χ1) is 9.74. The van der Waals surface area contributed by atoms with E-state index < -0.39 is 0 Å². The summed E-state index contributed by atoms with van der Waals surface area (Å²) in [7, 11) is 1.67. The second-order valence-electron chi connectivity index (χ2n) is 6.45. The zero-order valence-electron chi connectivity index (χ0n) is 12.6. The molecule has 1 amide bonds. The quantitative estimate of drug-likeness (QED) is 0.764. The smallest absolute Gasteiger partial charge is 0.223 e. The zero-order valence-corrected chi connectivity index (χ0v) is 13.3. The summed E-state index contributed by atoms with van der Waals surface area (Å²) in [6.07, 6.45) is 9.64. The van der Waals surface area contributed by atoms with Gasteiger partial charge in [0.2, 0.25) is 5.91 Å². The van der Waals surface area contributed by atoms with E-state index in [0.29, 0.717) is 12.5 Å². The van der Waals surface area contributed by atoms with Crippen molar-refractivity contribution in [2.24, 2.45) is 17.8 Å². The Morgan fingerprint density at radius 1 is 1.25 bits per heavy atom. The van der Waals surface area contributed by atoms with Crippen LogP contribution in [0.4, 0.5) is 0 Å². The van der Waals surface area contributed by atoms with E-state index in [1.165, 1.54) is 32.1 Å². The van der Waals surface area contributed by atoms with Crippen LogP contribution in [0.15, 0.2) is 0 Å². The van der Waals surface area contributed by atoms with Gasteiger partial charge in [-0.1, -0.05) is 25.7 Å². The van der Waals surface area contributed by atoms with Crippen molar-refractivity contribution >= 4 is 17.5 Å². The fourth-order valence-corrected chi connectivity index (χ4v) is 4.22. The van der Waals surface area contributed by atoms with Gasteiger partial charge in [-0.2, -0.15) is 0 Å². The third-order valence-electron chi connectivity index (χ3n) is 5.08. The maximum absolute atomic E-state index is 12.4. The Labute approximate surface area is 127 Å². The molecule has 2 fully saturated rings. The van der Waals surface area contributed by atoms with Crippen LogP contribution in [-0.2, 0) is 9.53 Å². The second kappa shape index (κ2) is 8.23. The van der Waals surface area contributed by atoms with Crippen molar-refractivity contribution in [1.82, 2.24) is 5.32 Å². The Hall–Kier alpha value is -0.280. The van der Waals surface area contributed by atoms with Gasteiger partial charge >= 0.3 is 0 Å². The van der Waals surface area contributed by atoms with Crippen molar-refractivity contribution in [3.63, 3.8) is 0 Å². The van der Waals surface area contributed by atoms with Crippen molar-refractivity contribution in [3.05, 3.63) is 0 Å². The summed E-state index contributed by atoms with van der Waals surface area (Å²) in [5, 5.41) is 3.14. The number of rotatable bonds is 6. The van der Waals surface area contributed by atoms with E-state index in [1.807, 2.05) is 0 Å². The summed E-state index contributed by atoms with van der Waals surface area (Å²) >= 11 is 5.79. The lowest BCUT2D eigenvalue weighted by Gasteiger charge is -2.39. The number of methoxy groups -OCH3 is 1. The number of hydrogen-bond acceptors (Lipinski definition) is 2. The predicted molar refractivity (Wildman–Crippen MR) is 81.9 cm³/mol. The molecular formula is C16H28ClNO2. The molecule has 0 spiro atoms. The topological polar surface area (TPSA) is 38.3 Å². The molecule has 0 heterocycles. The van der Waals surface area contributed by atoms with Gasteiger partial charge in [-0.3, -0.25) is 4.79 Å². The number of hydrogen-bond donors (Lipinski definition) is 1. The first-order valence-corrected chi connectivity index (χ1v) is 8.63. The van der Waals surface area contributed by atoms with Crippen molar-refractivity contribution in [1.29, 1.82) is 0 Å². The summed E-state index contributed by atoms with van der Waals surface area (Å²) < 4.78 is 5.16.